The molecule has 0 saturated carbocycles. The van der Waals surface area contributed by atoms with Crippen molar-refractivity contribution >= 4 is 71.5 Å². The molecule has 246 valence electrons. The molecule has 1 nitrogen and oxygen atoms in total. The number of rotatable bonds is 6. The Balaban J connectivity index is 1.76. The van der Waals surface area contributed by atoms with Crippen LogP contribution >= 0.6 is 12.2 Å². The van der Waals surface area contributed by atoms with Crippen LogP contribution in [-0.4, -0.2) is 16.1 Å². The molecule has 0 atom stereocenters. The minimum absolute atomic E-state index is 0.0714. The Bertz CT molecular complexity index is 2160. The van der Waals surface area contributed by atoms with Crippen LogP contribution in [-0.2, 0) is 0 Å². The summed E-state index contributed by atoms with van der Waals surface area (Å²) in [5.74, 6) is 7.47. The van der Waals surface area contributed by atoms with Gasteiger partial charge in [0.2, 0.25) is 0 Å². The molecule has 0 heterocycles. The Morgan fingerprint density at radius 1 is 0.500 bits per heavy atom. The van der Waals surface area contributed by atoms with Crippen LogP contribution in [0.2, 0.25) is 33.2 Å². The monoisotopic (exact) mass is 682 g/mol. The van der Waals surface area contributed by atoms with Gasteiger partial charge in [0, 0.05) is 54.6 Å². The van der Waals surface area contributed by atoms with Gasteiger partial charge in [0.1, 0.15) is 16.1 Å². The average Bonchev–Trinajstić information content (AvgIpc) is 3.02. The van der Waals surface area contributed by atoms with Gasteiger partial charge in [-0.3, -0.25) is 4.79 Å². The Morgan fingerprint density at radius 3 is 1.29 bits per heavy atom. The first-order valence-corrected chi connectivity index (χ1v) is 22.8. The van der Waals surface area contributed by atoms with Gasteiger partial charge in [-0.05, 0) is 56.2 Å². The third-order valence-corrected chi connectivity index (χ3v) is 25.1. The van der Waals surface area contributed by atoms with Crippen molar-refractivity contribution in [1.29, 1.82) is 0 Å². The predicted octanol–water partition coefficient (Wildman–Crippen LogP) is 12.9. The van der Waals surface area contributed by atoms with E-state index in [-0.39, 0.29) is 5.43 Å². The van der Waals surface area contributed by atoms with E-state index < -0.39 is 16.1 Å². The van der Waals surface area contributed by atoms with E-state index in [1.807, 2.05) is 12.1 Å². The number of hydrogen-bond acceptors (Lipinski definition) is 2. The summed E-state index contributed by atoms with van der Waals surface area (Å²) in [4.78, 5) is 14.6. The van der Waals surface area contributed by atoms with Gasteiger partial charge in [-0.15, -0.1) is 11.1 Å². The van der Waals surface area contributed by atoms with Crippen molar-refractivity contribution in [3.05, 3.63) is 74.4 Å². The van der Waals surface area contributed by atoms with Crippen LogP contribution in [0, 0.1) is 27.4 Å². The third-order valence-electron chi connectivity index (χ3n) is 12.1. The lowest BCUT2D eigenvalue weighted by Gasteiger charge is -2.38. The summed E-state index contributed by atoms with van der Waals surface area (Å²) in [7, 11) is -3.98. The first kappa shape index (κ1) is 34.6. The molecule has 4 aromatic rings. The summed E-state index contributed by atoms with van der Waals surface area (Å²) in [5, 5.41) is 7.78. The van der Waals surface area contributed by atoms with E-state index >= 15 is 0 Å². The normalized spacial score (nSPS) is 13.1. The van der Waals surface area contributed by atoms with E-state index in [0.717, 1.165) is 69.9 Å². The van der Waals surface area contributed by atoms with E-state index in [0.29, 0.717) is 33.2 Å². The zero-order valence-electron chi connectivity index (χ0n) is 30.9. The highest BCUT2D eigenvalue weighted by molar-refractivity contribution is 7.72. The number of hydrogen-bond donors (Lipinski definition) is 0. The van der Waals surface area contributed by atoms with Gasteiger partial charge in [0.15, 0.2) is 5.43 Å². The van der Waals surface area contributed by atoms with E-state index in [1.165, 1.54) is 0 Å². The molecule has 0 radical (unpaired) electrons. The molecule has 4 aromatic carbocycles. The first-order valence-electron chi connectivity index (χ1n) is 18.0. The molecule has 0 saturated heterocycles. The summed E-state index contributed by atoms with van der Waals surface area (Å²) in [6, 6.07) is 16.9. The van der Waals surface area contributed by atoms with Crippen molar-refractivity contribution < 1.29 is 0 Å². The molecular weight excluding hydrogens is 633 g/mol. The van der Waals surface area contributed by atoms with E-state index in [4.69, 9.17) is 12.2 Å². The maximum atomic E-state index is 14.6. The highest BCUT2D eigenvalue weighted by Crippen LogP contribution is 2.49. The lowest BCUT2D eigenvalue weighted by atomic mass is 9.79. The van der Waals surface area contributed by atoms with Crippen molar-refractivity contribution in [2.24, 2.45) is 0 Å². The minimum atomic E-state index is -1.99. The van der Waals surface area contributed by atoms with Crippen molar-refractivity contribution in [1.82, 2.24) is 0 Å². The fourth-order valence-corrected chi connectivity index (χ4v) is 20.7. The summed E-state index contributed by atoms with van der Waals surface area (Å²) >= 11 is 6.36. The highest BCUT2D eigenvalue weighted by Gasteiger charge is 2.43. The molecule has 0 fully saturated rings. The van der Waals surface area contributed by atoms with Gasteiger partial charge >= 0.3 is 0 Å². The van der Waals surface area contributed by atoms with Crippen LogP contribution in [0.25, 0.3) is 54.2 Å². The van der Waals surface area contributed by atoms with Crippen LogP contribution in [0.3, 0.4) is 0 Å². The molecule has 0 aliphatic heterocycles. The average molecular weight is 683 g/mol. The topological polar surface area (TPSA) is 17.1 Å². The van der Waals surface area contributed by atoms with Crippen LogP contribution in [0.5, 0.6) is 0 Å². The summed E-state index contributed by atoms with van der Waals surface area (Å²) in [6.07, 6.45) is 0. The minimum Gasteiger partial charge on any atom is -0.289 e. The molecule has 0 aromatic heterocycles. The van der Waals surface area contributed by atoms with Gasteiger partial charge < -0.3 is 0 Å². The van der Waals surface area contributed by atoms with Crippen molar-refractivity contribution in [2.45, 2.75) is 116 Å². The smallest absolute Gasteiger partial charge is 0.194 e. The third kappa shape index (κ3) is 4.78. The standard InChI is InChI=1S/C44H50OSSi2/c1-25(2)47(26(3)4,27(5)6)21-19-31-23-37-41-40-34(31)16-14-18-36(40)44(46)38-24-32(20-22-48(28(7)8,29(9)10)30(11)12)33-15-13-17-35(43(37)45)39(33)42(38)41/h13-18,23-30H,1-12H3. The van der Waals surface area contributed by atoms with Gasteiger partial charge in [0.25, 0.3) is 0 Å². The second-order valence-corrected chi connectivity index (χ2v) is 27.7. The Hall–Kier alpha value is -3.29. The SMILES string of the molecule is CC(C)[Si](C#Cc1cc2c3c4c1cccc4c(=O)c1cc(C#C[Si](C(C)C)(C(C)C)C(C)C)c4cccc(c2=S)c4c1-3)(C(C)C)C(C)C. The number of benzene rings is 6. The maximum Gasteiger partial charge on any atom is 0.194 e. The summed E-state index contributed by atoms with van der Waals surface area (Å²) in [5.41, 5.74) is 15.2. The van der Waals surface area contributed by atoms with Crippen LogP contribution < -0.4 is 5.43 Å². The van der Waals surface area contributed by atoms with Gasteiger partial charge in [-0.1, -0.05) is 144 Å². The Kier molecular flexibility index (Phi) is 8.82. The lowest BCUT2D eigenvalue weighted by Crippen LogP contribution is -2.43. The molecule has 48 heavy (non-hydrogen) atoms. The van der Waals surface area contributed by atoms with E-state index in [1.54, 1.807) is 0 Å². The van der Waals surface area contributed by atoms with E-state index in [9.17, 15) is 4.79 Å². The van der Waals surface area contributed by atoms with Gasteiger partial charge in [-0.25, -0.2) is 0 Å². The van der Waals surface area contributed by atoms with E-state index in [2.05, 4.69) is 142 Å². The van der Waals surface area contributed by atoms with Crippen molar-refractivity contribution in [3.8, 4) is 34.1 Å². The van der Waals surface area contributed by atoms with Crippen LogP contribution in [0.15, 0.2) is 53.3 Å². The highest BCUT2D eigenvalue weighted by atomic mass is 32.1. The molecule has 4 heteroatoms. The zero-order valence-corrected chi connectivity index (χ0v) is 33.7. The van der Waals surface area contributed by atoms with Crippen molar-refractivity contribution in [2.75, 3.05) is 0 Å². The lowest BCUT2D eigenvalue weighted by molar-refractivity contribution is 0.838. The molecule has 6 rings (SSSR count). The van der Waals surface area contributed by atoms with Crippen molar-refractivity contribution in [3.63, 3.8) is 0 Å². The second-order valence-electron chi connectivity index (χ2n) is 16.1. The molecule has 0 amide bonds. The first-order chi connectivity index (χ1) is 22.6. The predicted molar refractivity (Wildman–Crippen MR) is 220 cm³/mol. The molecule has 2 aliphatic rings. The largest absolute Gasteiger partial charge is 0.289 e. The molecule has 0 N–H and O–H groups in total. The quantitative estimate of drug-likeness (QED) is 0.0572. The maximum absolute atomic E-state index is 14.6. The fourth-order valence-electron chi connectivity index (χ4n) is 9.92. The fraction of sp³-hybridized carbons (Fsp3) is 0.409. The molecule has 0 spiro atoms. The summed E-state index contributed by atoms with van der Waals surface area (Å²) < 4.78 is 0.837. The Morgan fingerprint density at radius 2 is 0.854 bits per heavy atom. The Labute approximate surface area is 294 Å². The molecule has 0 unspecified atom stereocenters. The van der Waals surface area contributed by atoms with Crippen LogP contribution in [0.1, 0.15) is 94.2 Å². The summed E-state index contributed by atoms with van der Waals surface area (Å²) in [6.45, 7) is 28.2. The molecule has 2 aliphatic carbocycles. The zero-order chi connectivity index (χ0) is 35.0. The molecular formula is C44H50OSSi2. The van der Waals surface area contributed by atoms with Gasteiger partial charge in [0.05, 0.1) is 4.51 Å². The molecule has 0 bridgehead atoms. The second kappa shape index (κ2) is 12.2. The van der Waals surface area contributed by atoms with Gasteiger partial charge in [-0.2, -0.15) is 0 Å². The van der Waals surface area contributed by atoms with Crippen LogP contribution in [0.4, 0.5) is 0 Å².